The number of piperidine rings is 1. The monoisotopic (exact) mass is 386 g/mol. The number of amides is 1. The second kappa shape index (κ2) is 9.56. The number of nitrogens with one attached hydrogen (secondary N) is 1. The number of carbonyl (C=O) groups excluding carboxylic acids is 1. The number of thioether (sulfide) groups is 1. The van der Waals surface area contributed by atoms with E-state index in [1.54, 1.807) is 31.0 Å². The first-order valence-electron chi connectivity index (χ1n) is 8.40. The maximum atomic E-state index is 12.7. The van der Waals surface area contributed by atoms with E-state index in [4.69, 9.17) is 4.74 Å². The minimum absolute atomic E-state index is 0.0116. The van der Waals surface area contributed by atoms with Crippen molar-refractivity contribution < 1.29 is 17.9 Å². The lowest BCUT2D eigenvalue weighted by Crippen LogP contribution is -2.43. The highest BCUT2D eigenvalue weighted by atomic mass is 32.2. The van der Waals surface area contributed by atoms with E-state index in [1.807, 2.05) is 18.4 Å². The van der Waals surface area contributed by atoms with E-state index in [2.05, 4.69) is 5.32 Å². The average Bonchev–Trinajstić information content (AvgIpc) is 2.65. The summed E-state index contributed by atoms with van der Waals surface area (Å²) in [7, 11) is -1.85. The predicted octanol–water partition coefficient (Wildman–Crippen LogP) is 1.96. The minimum Gasteiger partial charge on any atom is -0.385 e. The van der Waals surface area contributed by atoms with Gasteiger partial charge in [0.2, 0.25) is 15.9 Å². The Balaban J connectivity index is 1.88. The summed E-state index contributed by atoms with van der Waals surface area (Å²) in [4.78, 5) is 13.5. The fraction of sp³-hybridized carbons (Fsp3) is 0.588. The summed E-state index contributed by atoms with van der Waals surface area (Å²) in [6, 6.07) is 6.93. The highest BCUT2D eigenvalue weighted by molar-refractivity contribution is 7.98. The summed E-state index contributed by atoms with van der Waals surface area (Å²) in [6.45, 7) is 1.96. The Kier molecular flexibility index (Phi) is 7.74. The number of rotatable bonds is 8. The Morgan fingerprint density at radius 1 is 1.28 bits per heavy atom. The van der Waals surface area contributed by atoms with Crippen LogP contribution in [0.4, 0.5) is 0 Å². The van der Waals surface area contributed by atoms with E-state index in [9.17, 15) is 13.2 Å². The largest absolute Gasteiger partial charge is 0.385 e. The van der Waals surface area contributed by atoms with E-state index < -0.39 is 10.0 Å². The smallest absolute Gasteiger partial charge is 0.243 e. The second-order valence-corrected chi connectivity index (χ2v) is 8.81. The predicted molar refractivity (Wildman–Crippen MR) is 99.2 cm³/mol. The van der Waals surface area contributed by atoms with Crippen LogP contribution in [0.1, 0.15) is 19.3 Å². The van der Waals surface area contributed by atoms with Gasteiger partial charge >= 0.3 is 0 Å². The molecule has 2 rings (SSSR count). The summed E-state index contributed by atoms with van der Waals surface area (Å²) in [5.41, 5.74) is 0. The van der Waals surface area contributed by atoms with Gasteiger partial charge in [-0.3, -0.25) is 4.79 Å². The van der Waals surface area contributed by atoms with E-state index in [0.717, 1.165) is 11.3 Å². The van der Waals surface area contributed by atoms with Crippen LogP contribution < -0.4 is 5.32 Å². The quantitative estimate of drug-likeness (QED) is 0.546. The van der Waals surface area contributed by atoms with Crippen molar-refractivity contribution >= 4 is 27.7 Å². The van der Waals surface area contributed by atoms with Crippen LogP contribution in [-0.2, 0) is 19.6 Å². The third kappa shape index (κ3) is 5.44. The highest BCUT2D eigenvalue weighted by Gasteiger charge is 2.31. The molecule has 1 aromatic rings. The van der Waals surface area contributed by atoms with Crippen LogP contribution in [0.5, 0.6) is 0 Å². The van der Waals surface area contributed by atoms with Crippen molar-refractivity contribution in [3.05, 3.63) is 24.3 Å². The minimum atomic E-state index is -3.48. The molecule has 0 bridgehead atoms. The van der Waals surface area contributed by atoms with Gasteiger partial charge in [-0.15, -0.1) is 11.8 Å². The molecule has 1 amide bonds. The molecule has 1 fully saturated rings. The zero-order valence-corrected chi connectivity index (χ0v) is 16.4. The summed E-state index contributed by atoms with van der Waals surface area (Å²) in [5.74, 6) is -0.106. The van der Waals surface area contributed by atoms with E-state index in [0.29, 0.717) is 44.0 Å². The Morgan fingerprint density at radius 3 is 2.48 bits per heavy atom. The van der Waals surface area contributed by atoms with E-state index >= 15 is 0 Å². The van der Waals surface area contributed by atoms with Gasteiger partial charge in [-0.25, -0.2) is 8.42 Å². The summed E-state index contributed by atoms with van der Waals surface area (Å²) in [6.07, 6.45) is 3.84. The van der Waals surface area contributed by atoms with Crippen LogP contribution >= 0.6 is 11.8 Å². The topological polar surface area (TPSA) is 75.7 Å². The molecular weight excluding hydrogens is 360 g/mol. The van der Waals surface area contributed by atoms with Gasteiger partial charge in [0.1, 0.15) is 0 Å². The van der Waals surface area contributed by atoms with Crippen molar-refractivity contribution in [3.63, 3.8) is 0 Å². The maximum absolute atomic E-state index is 12.7. The van der Waals surface area contributed by atoms with Crippen LogP contribution in [-0.4, -0.2) is 58.2 Å². The molecule has 0 unspecified atom stereocenters. The molecule has 1 heterocycles. The molecule has 0 radical (unpaired) electrons. The number of carbonyl (C=O) groups is 1. The van der Waals surface area contributed by atoms with Gasteiger partial charge in [0.25, 0.3) is 0 Å². The van der Waals surface area contributed by atoms with Crippen LogP contribution in [0.15, 0.2) is 34.1 Å². The number of methoxy groups -OCH3 is 1. The molecule has 0 aromatic heterocycles. The molecule has 1 aliphatic heterocycles. The van der Waals surface area contributed by atoms with Crippen LogP contribution in [0, 0.1) is 5.92 Å². The molecule has 6 nitrogen and oxygen atoms in total. The standard InChI is InChI=1S/C17H26N2O4S2/c1-23-13-3-10-18-17(20)14-8-11-19(12-9-14)25(21,22)16-6-4-15(24-2)5-7-16/h4-7,14H,3,8-13H2,1-2H3,(H,18,20). The fourth-order valence-corrected chi connectivity index (χ4v) is 4.71. The molecule has 8 heteroatoms. The lowest BCUT2D eigenvalue weighted by Gasteiger charge is -2.30. The number of hydrogen-bond acceptors (Lipinski definition) is 5. The summed E-state index contributed by atoms with van der Waals surface area (Å²) < 4.78 is 31.9. The first-order chi connectivity index (χ1) is 12.0. The first-order valence-corrected chi connectivity index (χ1v) is 11.1. The summed E-state index contributed by atoms with van der Waals surface area (Å²) >= 11 is 1.58. The van der Waals surface area contributed by atoms with Crippen molar-refractivity contribution in [2.45, 2.75) is 29.1 Å². The SMILES string of the molecule is COCCCNC(=O)C1CCN(S(=O)(=O)c2ccc(SC)cc2)CC1. The molecule has 25 heavy (non-hydrogen) atoms. The van der Waals surface area contributed by atoms with Crippen LogP contribution in [0.3, 0.4) is 0 Å². The maximum Gasteiger partial charge on any atom is 0.243 e. The number of benzene rings is 1. The van der Waals surface area contributed by atoms with Crippen LogP contribution in [0.25, 0.3) is 0 Å². The molecule has 0 spiro atoms. The van der Waals surface area contributed by atoms with E-state index in [1.165, 1.54) is 4.31 Å². The zero-order chi connectivity index (χ0) is 18.3. The zero-order valence-electron chi connectivity index (χ0n) is 14.7. The molecule has 1 saturated heterocycles. The molecule has 1 aromatic carbocycles. The fourth-order valence-electron chi connectivity index (χ4n) is 2.83. The summed E-state index contributed by atoms with van der Waals surface area (Å²) in [5, 5.41) is 2.90. The lowest BCUT2D eigenvalue weighted by molar-refractivity contribution is -0.126. The third-order valence-electron chi connectivity index (χ3n) is 4.35. The Morgan fingerprint density at radius 2 is 1.92 bits per heavy atom. The number of sulfonamides is 1. The molecular formula is C17H26N2O4S2. The molecule has 0 atom stereocenters. The van der Waals surface area contributed by atoms with Crippen molar-refractivity contribution in [3.8, 4) is 0 Å². The van der Waals surface area contributed by atoms with Gasteiger partial charge in [0.05, 0.1) is 4.90 Å². The van der Waals surface area contributed by atoms with Gasteiger partial charge in [-0.1, -0.05) is 0 Å². The van der Waals surface area contributed by atoms with Crippen LogP contribution in [0.2, 0.25) is 0 Å². The van der Waals surface area contributed by atoms with Crippen molar-refractivity contribution in [2.24, 2.45) is 5.92 Å². The van der Waals surface area contributed by atoms with Crippen molar-refractivity contribution in [1.29, 1.82) is 0 Å². The van der Waals surface area contributed by atoms with E-state index in [-0.39, 0.29) is 11.8 Å². The van der Waals surface area contributed by atoms with Gasteiger partial charge in [0.15, 0.2) is 0 Å². The first kappa shape index (κ1) is 20.2. The molecule has 140 valence electrons. The highest BCUT2D eigenvalue weighted by Crippen LogP contribution is 2.25. The second-order valence-electron chi connectivity index (χ2n) is 5.99. The van der Waals surface area contributed by atoms with Gasteiger partial charge in [-0.2, -0.15) is 4.31 Å². The number of nitrogens with zero attached hydrogens (tertiary/aromatic N) is 1. The number of hydrogen-bond donors (Lipinski definition) is 1. The van der Waals surface area contributed by atoms with Crippen molar-refractivity contribution in [1.82, 2.24) is 9.62 Å². The molecule has 0 saturated carbocycles. The Hall–Kier alpha value is -1.09. The Labute approximate surface area is 154 Å². The van der Waals surface area contributed by atoms with Gasteiger partial charge in [-0.05, 0) is 49.8 Å². The molecule has 1 N–H and O–H groups in total. The molecule has 0 aliphatic carbocycles. The van der Waals surface area contributed by atoms with Gasteiger partial charge in [0, 0.05) is 44.2 Å². The number of ether oxygens (including phenoxy) is 1. The normalized spacial score (nSPS) is 16.7. The third-order valence-corrected chi connectivity index (χ3v) is 7.00. The lowest BCUT2D eigenvalue weighted by atomic mass is 9.97. The van der Waals surface area contributed by atoms with Crippen molar-refractivity contribution in [2.75, 3.05) is 39.6 Å². The Bertz CT molecular complexity index is 654. The van der Waals surface area contributed by atoms with Gasteiger partial charge < -0.3 is 10.1 Å². The molecule has 1 aliphatic rings. The average molecular weight is 387 g/mol.